The van der Waals surface area contributed by atoms with E-state index in [1.807, 2.05) is 0 Å². The zero-order chi connectivity index (χ0) is 6.69. The predicted molar refractivity (Wildman–Crippen MR) is 43.5 cm³/mol. The fraction of sp³-hybridized carbons (Fsp3) is 0.857. The summed E-state index contributed by atoms with van der Waals surface area (Å²) in [4.78, 5) is 12.5. The Morgan fingerprint density at radius 1 is 1.40 bits per heavy atom. The van der Waals surface area contributed by atoms with Crippen molar-refractivity contribution in [3.05, 3.63) is 0 Å². The molecule has 0 spiro atoms. The number of nitrogens with zero attached hydrogens (tertiary/aromatic N) is 1. The number of rotatable bonds is 1. The minimum atomic E-state index is 0. The van der Waals surface area contributed by atoms with E-state index in [1.165, 1.54) is 0 Å². The molecular formula is C7H14ClNO. The van der Waals surface area contributed by atoms with Crippen LogP contribution < -0.4 is 0 Å². The van der Waals surface area contributed by atoms with Gasteiger partial charge in [-0.15, -0.1) is 12.4 Å². The summed E-state index contributed by atoms with van der Waals surface area (Å²) in [5.74, 6) is 0.348. The maximum Gasteiger partial charge on any atom is 0.123 e. The molecule has 2 nitrogen and oxygen atoms in total. The van der Waals surface area contributed by atoms with Crippen molar-refractivity contribution in [3.8, 4) is 0 Å². The lowest BCUT2D eigenvalue weighted by Gasteiger charge is -2.25. The molecule has 3 heteroatoms. The van der Waals surface area contributed by atoms with Gasteiger partial charge in [0.1, 0.15) is 6.29 Å². The first-order valence-corrected chi connectivity index (χ1v) is 3.47. The Morgan fingerprint density at radius 2 is 1.90 bits per heavy atom. The summed E-state index contributed by atoms with van der Waals surface area (Å²) in [5.41, 5.74) is 0. The third-order valence-corrected chi connectivity index (χ3v) is 1.96. The van der Waals surface area contributed by atoms with Gasteiger partial charge in [0.05, 0.1) is 0 Å². The maximum absolute atomic E-state index is 10.2. The van der Waals surface area contributed by atoms with Crippen LogP contribution >= 0.6 is 12.4 Å². The topological polar surface area (TPSA) is 20.3 Å². The Kier molecular flexibility index (Phi) is 4.65. The number of hydrogen-bond donors (Lipinski definition) is 0. The zero-order valence-corrected chi connectivity index (χ0v) is 7.06. The molecule has 0 N–H and O–H groups in total. The van der Waals surface area contributed by atoms with Gasteiger partial charge in [0, 0.05) is 5.92 Å². The average Bonchev–Trinajstić information content (AvgIpc) is 1.90. The van der Waals surface area contributed by atoms with Gasteiger partial charge in [0.15, 0.2) is 0 Å². The zero-order valence-electron chi connectivity index (χ0n) is 6.25. The molecule has 0 atom stereocenters. The number of aldehydes is 1. The van der Waals surface area contributed by atoms with Crippen LogP contribution in [0, 0.1) is 5.92 Å². The van der Waals surface area contributed by atoms with Gasteiger partial charge in [0.25, 0.3) is 0 Å². The van der Waals surface area contributed by atoms with Crippen molar-refractivity contribution in [1.82, 2.24) is 4.90 Å². The number of likely N-dealkylation sites (tertiary alicyclic amines) is 1. The number of hydrogen-bond acceptors (Lipinski definition) is 2. The Morgan fingerprint density at radius 3 is 2.30 bits per heavy atom. The number of carbonyl (C=O) groups is 1. The summed E-state index contributed by atoms with van der Waals surface area (Å²) in [6.45, 7) is 2.17. The molecule has 60 valence electrons. The molecule has 10 heavy (non-hydrogen) atoms. The van der Waals surface area contributed by atoms with Gasteiger partial charge in [-0.1, -0.05) is 0 Å². The van der Waals surface area contributed by atoms with E-state index in [9.17, 15) is 4.79 Å². The third-order valence-electron chi connectivity index (χ3n) is 1.96. The van der Waals surface area contributed by atoms with Crippen LogP contribution in [0.15, 0.2) is 0 Å². The Labute approximate surface area is 68.0 Å². The first-order chi connectivity index (χ1) is 4.33. The summed E-state index contributed by atoms with van der Waals surface area (Å²) in [5, 5.41) is 0. The predicted octanol–water partition coefficient (Wildman–Crippen LogP) is 0.949. The highest BCUT2D eigenvalue weighted by Gasteiger charge is 2.14. The van der Waals surface area contributed by atoms with E-state index in [-0.39, 0.29) is 12.4 Å². The van der Waals surface area contributed by atoms with Gasteiger partial charge < -0.3 is 9.69 Å². The van der Waals surface area contributed by atoms with Gasteiger partial charge in [-0.05, 0) is 33.0 Å². The monoisotopic (exact) mass is 163 g/mol. The van der Waals surface area contributed by atoms with Crippen molar-refractivity contribution in [3.63, 3.8) is 0 Å². The molecule has 1 fully saturated rings. The fourth-order valence-electron chi connectivity index (χ4n) is 1.16. The van der Waals surface area contributed by atoms with Crippen molar-refractivity contribution in [2.45, 2.75) is 12.8 Å². The Bertz CT molecular complexity index is 99.8. The summed E-state index contributed by atoms with van der Waals surface area (Å²) >= 11 is 0. The van der Waals surface area contributed by atoms with Crippen molar-refractivity contribution in [2.24, 2.45) is 5.92 Å². The lowest BCUT2D eigenvalue weighted by Crippen LogP contribution is -2.30. The van der Waals surface area contributed by atoms with Crippen LogP contribution in [0.5, 0.6) is 0 Å². The van der Waals surface area contributed by atoms with E-state index in [4.69, 9.17) is 0 Å². The first kappa shape index (κ1) is 9.92. The maximum atomic E-state index is 10.2. The first-order valence-electron chi connectivity index (χ1n) is 3.47. The molecule has 1 saturated heterocycles. The molecule has 0 aromatic heterocycles. The molecule has 0 aliphatic carbocycles. The van der Waals surface area contributed by atoms with Crippen LogP contribution in [-0.4, -0.2) is 31.3 Å². The normalized spacial score (nSPS) is 21.7. The molecule has 0 amide bonds. The Hall–Kier alpha value is -0.0800. The van der Waals surface area contributed by atoms with Crippen LogP contribution in [0.4, 0.5) is 0 Å². The SMILES string of the molecule is CN1CCC(C=O)CC1.Cl. The van der Waals surface area contributed by atoms with Crippen molar-refractivity contribution < 1.29 is 4.79 Å². The third kappa shape index (κ3) is 2.67. The molecule has 0 aromatic rings. The van der Waals surface area contributed by atoms with Gasteiger partial charge in [-0.3, -0.25) is 0 Å². The molecule has 1 rings (SSSR count). The van der Waals surface area contributed by atoms with E-state index in [0.717, 1.165) is 32.2 Å². The minimum absolute atomic E-state index is 0. The van der Waals surface area contributed by atoms with E-state index in [2.05, 4.69) is 11.9 Å². The van der Waals surface area contributed by atoms with E-state index < -0.39 is 0 Å². The lowest BCUT2D eigenvalue weighted by atomic mass is 9.99. The molecule has 0 radical (unpaired) electrons. The molecule has 0 saturated carbocycles. The quantitative estimate of drug-likeness (QED) is 0.537. The summed E-state index contributed by atoms with van der Waals surface area (Å²) in [6.07, 6.45) is 3.20. The van der Waals surface area contributed by atoms with Crippen LogP contribution in [-0.2, 0) is 4.79 Å². The van der Waals surface area contributed by atoms with Crippen LogP contribution in [0.1, 0.15) is 12.8 Å². The second-order valence-corrected chi connectivity index (χ2v) is 2.78. The smallest absolute Gasteiger partial charge is 0.123 e. The van der Waals surface area contributed by atoms with Crippen molar-refractivity contribution >= 4 is 18.7 Å². The number of carbonyl (C=O) groups excluding carboxylic acids is 1. The lowest BCUT2D eigenvalue weighted by molar-refractivity contribution is -0.112. The fourth-order valence-corrected chi connectivity index (χ4v) is 1.16. The van der Waals surface area contributed by atoms with Crippen LogP contribution in [0.2, 0.25) is 0 Å². The highest BCUT2D eigenvalue weighted by Crippen LogP contribution is 2.12. The summed E-state index contributed by atoms with van der Waals surface area (Å²) in [7, 11) is 2.10. The van der Waals surface area contributed by atoms with Gasteiger partial charge in [0.2, 0.25) is 0 Å². The average molecular weight is 164 g/mol. The molecule has 0 bridgehead atoms. The van der Waals surface area contributed by atoms with E-state index in [1.54, 1.807) is 0 Å². The van der Waals surface area contributed by atoms with Gasteiger partial charge in [-0.2, -0.15) is 0 Å². The second kappa shape index (κ2) is 4.69. The molecular weight excluding hydrogens is 150 g/mol. The summed E-state index contributed by atoms with van der Waals surface area (Å²) < 4.78 is 0. The molecule has 0 unspecified atom stereocenters. The van der Waals surface area contributed by atoms with E-state index >= 15 is 0 Å². The minimum Gasteiger partial charge on any atom is -0.306 e. The molecule has 0 aromatic carbocycles. The van der Waals surface area contributed by atoms with Gasteiger partial charge in [-0.25, -0.2) is 0 Å². The van der Waals surface area contributed by atoms with Crippen molar-refractivity contribution in [1.29, 1.82) is 0 Å². The van der Waals surface area contributed by atoms with Crippen LogP contribution in [0.3, 0.4) is 0 Å². The second-order valence-electron chi connectivity index (χ2n) is 2.78. The van der Waals surface area contributed by atoms with E-state index in [0.29, 0.717) is 5.92 Å². The number of halogens is 1. The summed E-state index contributed by atoms with van der Waals surface area (Å²) in [6, 6.07) is 0. The van der Waals surface area contributed by atoms with Crippen molar-refractivity contribution in [2.75, 3.05) is 20.1 Å². The largest absolute Gasteiger partial charge is 0.306 e. The Balaban J connectivity index is 0.000000810. The van der Waals surface area contributed by atoms with Gasteiger partial charge >= 0.3 is 0 Å². The molecule has 1 heterocycles. The molecule has 1 aliphatic rings. The standard InChI is InChI=1S/C7H13NO.ClH/c1-8-4-2-7(6-9)3-5-8;/h6-7H,2-5H2,1H3;1H. The molecule has 1 aliphatic heterocycles. The highest BCUT2D eigenvalue weighted by atomic mass is 35.5. The van der Waals surface area contributed by atoms with Crippen LogP contribution in [0.25, 0.3) is 0 Å². The number of piperidine rings is 1. The highest BCUT2D eigenvalue weighted by molar-refractivity contribution is 5.85.